The third kappa shape index (κ3) is 4.41. The minimum atomic E-state index is -0.671. The SMILES string of the molecule is CC(=O)CC(C)(C)C1=C(OC(=O)C(C)N)[C@@H](I)C(C)C=C1C. The summed E-state index contributed by atoms with van der Waals surface area (Å²) in [6.45, 7) is 11.3. The lowest BCUT2D eigenvalue weighted by molar-refractivity contribution is -0.140. The van der Waals surface area contributed by atoms with Gasteiger partial charge in [0.15, 0.2) is 0 Å². The van der Waals surface area contributed by atoms with Crippen molar-refractivity contribution in [2.75, 3.05) is 0 Å². The highest BCUT2D eigenvalue weighted by atomic mass is 127. The van der Waals surface area contributed by atoms with Crippen LogP contribution in [0.3, 0.4) is 0 Å². The Bertz CT molecular complexity index is 532. The van der Waals surface area contributed by atoms with Gasteiger partial charge in [0.05, 0.1) is 3.92 Å². The molecule has 0 saturated carbocycles. The molecule has 0 saturated heterocycles. The van der Waals surface area contributed by atoms with Gasteiger partial charge in [-0.15, -0.1) is 0 Å². The number of esters is 1. The van der Waals surface area contributed by atoms with Gasteiger partial charge in [-0.05, 0) is 32.3 Å². The summed E-state index contributed by atoms with van der Waals surface area (Å²) in [6, 6.07) is -0.671. The van der Waals surface area contributed by atoms with E-state index in [1.165, 1.54) is 0 Å². The maximum absolute atomic E-state index is 12.0. The second kappa shape index (κ2) is 7.25. The molecule has 0 heterocycles. The van der Waals surface area contributed by atoms with Gasteiger partial charge in [0.2, 0.25) is 0 Å². The summed E-state index contributed by atoms with van der Waals surface area (Å²) in [4.78, 5) is 23.6. The highest BCUT2D eigenvalue weighted by molar-refractivity contribution is 14.1. The number of hydrogen-bond acceptors (Lipinski definition) is 4. The van der Waals surface area contributed by atoms with E-state index in [1.54, 1.807) is 13.8 Å². The Kier molecular flexibility index (Phi) is 6.38. The van der Waals surface area contributed by atoms with Crippen LogP contribution in [0, 0.1) is 11.3 Å². The Morgan fingerprint density at radius 3 is 2.45 bits per heavy atom. The fourth-order valence-corrected chi connectivity index (χ4v) is 3.67. The summed E-state index contributed by atoms with van der Waals surface area (Å²) >= 11 is 2.30. The van der Waals surface area contributed by atoms with Gasteiger partial charge in [-0.25, -0.2) is 4.79 Å². The largest absolute Gasteiger partial charge is 0.428 e. The molecule has 2 unspecified atom stereocenters. The zero-order valence-corrected chi connectivity index (χ0v) is 16.4. The number of halogens is 1. The van der Waals surface area contributed by atoms with Crippen LogP contribution in [0.4, 0.5) is 0 Å². The third-order valence-corrected chi connectivity index (χ3v) is 5.52. The number of ether oxygens (including phenoxy) is 1. The predicted octanol–water partition coefficient (Wildman–Crippen LogP) is 3.54. The number of ketones is 1. The molecule has 0 fully saturated rings. The minimum absolute atomic E-state index is 0.0465. The number of Topliss-reactive ketones (excluding diaryl/α,β-unsaturated/α-hetero) is 1. The summed E-state index contributed by atoms with van der Waals surface area (Å²) in [5.41, 5.74) is 7.27. The van der Waals surface area contributed by atoms with Crippen LogP contribution in [0.2, 0.25) is 0 Å². The zero-order valence-electron chi connectivity index (χ0n) is 14.2. The number of carbonyl (C=O) groups excluding carboxylic acids is 2. The lowest BCUT2D eigenvalue weighted by Gasteiger charge is -2.36. The summed E-state index contributed by atoms with van der Waals surface area (Å²) in [7, 11) is 0. The van der Waals surface area contributed by atoms with Gasteiger partial charge in [0, 0.05) is 17.4 Å². The van der Waals surface area contributed by atoms with Gasteiger partial charge in [-0.1, -0.05) is 49.4 Å². The fraction of sp³-hybridized carbons (Fsp3) is 0.647. The van der Waals surface area contributed by atoms with Crippen molar-refractivity contribution in [3.8, 4) is 0 Å². The third-order valence-electron chi connectivity index (χ3n) is 3.82. The van der Waals surface area contributed by atoms with Crippen LogP contribution >= 0.6 is 22.6 Å². The molecule has 0 aromatic heterocycles. The van der Waals surface area contributed by atoms with Crippen molar-refractivity contribution in [1.29, 1.82) is 0 Å². The maximum atomic E-state index is 12.0. The van der Waals surface area contributed by atoms with E-state index in [1.807, 2.05) is 20.8 Å². The quantitative estimate of drug-likeness (QED) is 0.421. The normalized spacial score (nSPS) is 23.9. The zero-order chi connectivity index (χ0) is 17.2. The van der Waals surface area contributed by atoms with Gasteiger partial charge in [0.25, 0.3) is 0 Å². The summed E-state index contributed by atoms with van der Waals surface area (Å²) in [5, 5.41) is 0. The van der Waals surface area contributed by atoms with E-state index in [0.29, 0.717) is 12.2 Å². The molecule has 1 rings (SSSR count). The molecule has 0 aliphatic heterocycles. The molecule has 0 bridgehead atoms. The van der Waals surface area contributed by atoms with Crippen molar-refractivity contribution in [3.05, 3.63) is 23.0 Å². The maximum Gasteiger partial charge on any atom is 0.327 e. The van der Waals surface area contributed by atoms with Crippen molar-refractivity contribution in [3.63, 3.8) is 0 Å². The van der Waals surface area contributed by atoms with Gasteiger partial charge in [0.1, 0.15) is 17.6 Å². The van der Waals surface area contributed by atoms with Crippen LogP contribution < -0.4 is 5.73 Å². The Morgan fingerprint density at radius 2 is 2.00 bits per heavy atom. The van der Waals surface area contributed by atoms with Crippen LogP contribution in [0.5, 0.6) is 0 Å². The minimum Gasteiger partial charge on any atom is -0.428 e. The average molecular weight is 419 g/mol. The molecule has 5 heteroatoms. The van der Waals surface area contributed by atoms with E-state index >= 15 is 0 Å². The van der Waals surface area contributed by atoms with Gasteiger partial charge < -0.3 is 10.5 Å². The number of allylic oxidation sites excluding steroid dienone is 4. The van der Waals surface area contributed by atoms with E-state index in [0.717, 1.165) is 11.1 Å². The summed E-state index contributed by atoms with van der Waals surface area (Å²) in [5.74, 6) is 0.594. The first-order chi connectivity index (χ1) is 9.97. The number of alkyl halides is 1. The number of hydrogen-bond donors (Lipinski definition) is 1. The van der Waals surface area contributed by atoms with Gasteiger partial charge in [-0.3, -0.25) is 4.79 Å². The van der Waals surface area contributed by atoms with Crippen molar-refractivity contribution >= 4 is 34.3 Å². The van der Waals surface area contributed by atoms with E-state index in [9.17, 15) is 9.59 Å². The smallest absolute Gasteiger partial charge is 0.327 e. The van der Waals surface area contributed by atoms with E-state index < -0.39 is 12.0 Å². The lowest BCUT2D eigenvalue weighted by Crippen LogP contribution is -2.34. The molecule has 1 aliphatic carbocycles. The average Bonchev–Trinajstić information content (AvgIpc) is 2.33. The first-order valence-electron chi connectivity index (χ1n) is 7.51. The van der Waals surface area contributed by atoms with Crippen LogP contribution in [0.15, 0.2) is 23.0 Å². The molecule has 124 valence electrons. The number of nitrogens with two attached hydrogens (primary N) is 1. The molecule has 1 aliphatic rings. The lowest BCUT2D eigenvalue weighted by atomic mass is 9.72. The number of rotatable bonds is 5. The highest BCUT2D eigenvalue weighted by Gasteiger charge is 2.37. The molecular weight excluding hydrogens is 393 g/mol. The molecule has 0 amide bonds. The Balaban J connectivity index is 3.38. The van der Waals surface area contributed by atoms with Crippen LogP contribution in [0.25, 0.3) is 0 Å². The van der Waals surface area contributed by atoms with Crippen molar-refractivity contribution in [1.82, 2.24) is 0 Å². The van der Waals surface area contributed by atoms with Crippen molar-refractivity contribution < 1.29 is 14.3 Å². The van der Waals surface area contributed by atoms with Crippen LogP contribution in [-0.2, 0) is 14.3 Å². The van der Waals surface area contributed by atoms with E-state index in [4.69, 9.17) is 10.5 Å². The fourth-order valence-electron chi connectivity index (χ4n) is 3.02. The Morgan fingerprint density at radius 1 is 1.45 bits per heavy atom. The summed E-state index contributed by atoms with van der Waals surface area (Å²) < 4.78 is 5.69. The van der Waals surface area contributed by atoms with Crippen molar-refractivity contribution in [2.24, 2.45) is 17.1 Å². The molecule has 4 nitrogen and oxygen atoms in total. The first-order valence-corrected chi connectivity index (χ1v) is 8.76. The van der Waals surface area contributed by atoms with E-state index in [-0.39, 0.29) is 21.0 Å². The monoisotopic (exact) mass is 419 g/mol. The predicted molar refractivity (Wildman–Crippen MR) is 96.6 cm³/mol. The molecule has 0 aromatic rings. The second-order valence-corrected chi connectivity index (χ2v) is 8.16. The van der Waals surface area contributed by atoms with Gasteiger partial charge >= 0.3 is 5.97 Å². The van der Waals surface area contributed by atoms with Crippen LogP contribution in [-0.4, -0.2) is 21.7 Å². The second-order valence-electron chi connectivity index (χ2n) is 6.82. The molecule has 2 N–H and O–H groups in total. The Hall–Kier alpha value is -0.690. The van der Waals surface area contributed by atoms with Crippen molar-refractivity contribution in [2.45, 2.75) is 57.9 Å². The van der Waals surface area contributed by atoms with Crippen LogP contribution in [0.1, 0.15) is 48.0 Å². The molecule has 0 radical (unpaired) electrons. The number of carbonyl (C=O) groups is 2. The molecule has 0 spiro atoms. The molecule has 3 atom stereocenters. The first kappa shape index (κ1) is 19.4. The molecular formula is C17H26INO3. The highest BCUT2D eigenvalue weighted by Crippen LogP contribution is 2.44. The molecule has 22 heavy (non-hydrogen) atoms. The Labute approximate surface area is 146 Å². The topological polar surface area (TPSA) is 69.4 Å². The molecule has 0 aromatic carbocycles. The van der Waals surface area contributed by atoms with Gasteiger partial charge in [-0.2, -0.15) is 0 Å². The van der Waals surface area contributed by atoms with E-state index in [2.05, 4.69) is 35.6 Å². The standard InChI is InChI=1S/C17H26INO3/c1-9-7-10(2)14(18)15(22-16(21)12(4)19)13(9)17(5,6)8-11(3)20/h7,10,12,14H,8,19H2,1-6H3/t10?,12?,14-/m0/s1. The summed E-state index contributed by atoms with van der Waals surface area (Å²) in [6.07, 6.45) is 2.59.